The van der Waals surface area contributed by atoms with Gasteiger partial charge in [-0.05, 0) is 37.1 Å². The second kappa shape index (κ2) is 7.95. The molecule has 0 saturated carbocycles. The minimum absolute atomic E-state index is 0.0881. The zero-order chi connectivity index (χ0) is 17.5. The van der Waals surface area contributed by atoms with Crippen LogP contribution < -0.4 is 10.0 Å². The van der Waals surface area contributed by atoms with Crippen LogP contribution in [0, 0.1) is 12.3 Å². The highest BCUT2D eigenvalue weighted by atomic mass is 32.2. The molecule has 1 rings (SSSR count). The van der Waals surface area contributed by atoms with E-state index in [2.05, 4.69) is 22.5 Å². The van der Waals surface area contributed by atoms with Crippen molar-refractivity contribution in [2.45, 2.75) is 37.1 Å². The molecule has 0 bridgehead atoms. The smallest absolute Gasteiger partial charge is 0.252 e. The van der Waals surface area contributed by atoms with Crippen molar-refractivity contribution in [2.24, 2.45) is 0 Å². The third-order valence-corrected chi connectivity index (χ3v) is 5.12. The lowest BCUT2D eigenvalue weighted by Gasteiger charge is -2.27. The van der Waals surface area contributed by atoms with Gasteiger partial charge in [0, 0.05) is 12.1 Å². The second-order valence-electron chi connectivity index (χ2n) is 5.05. The molecule has 0 aliphatic carbocycles. The number of rotatable bonds is 8. The normalized spacial score (nSPS) is 11.5. The maximum absolute atomic E-state index is 12.3. The standard InChI is InChI=1S/C17H22N2O3S/c1-5-13-18-23(21,22)15-11-9-14(10-12-15)16(20)19-17(6-2,7-3)8-4/h2,5,9-12,18H,1,7-8,13H2,3-4H3,(H,19,20). The number of hydrogen-bond acceptors (Lipinski definition) is 3. The molecular formula is C17H22N2O3S. The summed E-state index contributed by atoms with van der Waals surface area (Å²) in [6.45, 7) is 7.41. The van der Waals surface area contributed by atoms with E-state index in [1.165, 1.54) is 30.3 Å². The van der Waals surface area contributed by atoms with Crippen LogP contribution >= 0.6 is 0 Å². The lowest BCUT2D eigenvalue weighted by atomic mass is 9.93. The van der Waals surface area contributed by atoms with Gasteiger partial charge in [-0.1, -0.05) is 25.8 Å². The molecule has 6 heteroatoms. The maximum Gasteiger partial charge on any atom is 0.252 e. The first-order chi connectivity index (χ1) is 10.8. The van der Waals surface area contributed by atoms with Gasteiger partial charge in [-0.2, -0.15) is 0 Å². The quantitative estimate of drug-likeness (QED) is 0.564. The number of sulfonamides is 1. The van der Waals surface area contributed by atoms with E-state index in [9.17, 15) is 13.2 Å². The summed E-state index contributed by atoms with van der Waals surface area (Å²) in [5, 5.41) is 2.83. The predicted molar refractivity (Wildman–Crippen MR) is 91.4 cm³/mol. The Labute approximate surface area is 138 Å². The molecule has 0 unspecified atom stereocenters. The molecule has 1 aromatic carbocycles. The Hall–Kier alpha value is -2.10. The number of hydrogen-bond donors (Lipinski definition) is 2. The topological polar surface area (TPSA) is 75.3 Å². The van der Waals surface area contributed by atoms with Crippen LogP contribution in [0.5, 0.6) is 0 Å². The average molecular weight is 334 g/mol. The number of carbonyl (C=O) groups is 1. The van der Waals surface area contributed by atoms with Gasteiger partial charge in [0.1, 0.15) is 5.54 Å². The minimum Gasteiger partial charge on any atom is -0.336 e. The highest BCUT2D eigenvalue weighted by Crippen LogP contribution is 2.16. The summed E-state index contributed by atoms with van der Waals surface area (Å²) in [6, 6.07) is 5.69. The van der Waals surface area contributed by atoms with Gasteiger partial charge in [-0.25, -0.2) is 13.1 Å². The van der Waals surface area contributed by atoms with E-state index in [1.54, 1.807) is 0 Å². The second-order valence-corrected chi connectivity index (χ2v) is 6.82. The Balaban J connectivity index is 2.95. The van der Waals surface area contributed by atoms with E-state index in [1.807, 2.05) is 13.8 Å². The van der Waals surface area contributed by atoms with Gasteiger partial charge in [0.25, 0.3) is 5.91 Å². The summed E-state index contributed by atoms with van der Waals surface area (Å²) < 4.78 is 26.3. The van der Waals surface area contributed by atoms with E-state index in [4.69, 9.17) is 6.42 Å². The fourth-order valence-corrected chi connectivity index (χ4v) is 2.99. The van der Waals surface area contributed by atoms with Gasteiger partial charge >= 0.3 is 0 Å². The highest BCUT2D eigenvalue weighted by molar-refractivity contribution is 7.89. The zero-order valence-electron chi connectivity index (χ0n) is 13.4. The van der Waals surface area contributed by atoms with Gasteiger partial charge < -0.3 is 5.32 Å². The molecule has 0 spiro atoms. The molecule has 124 valence electrons. The number of carbonyl (C=O) groups excluding carboxylic acids is 1. The molecule has 0 aliphatic rings. The Bertz CT molecular complexity index is 696. The molecule has 0 heterocycles. The van der Waals surface area contributed by atoms with Crippen molar-refractivity contribution < 1.29 is 13.2 Å². The van der Waals surface area contributed by atoms with Crippen molar-refractivity contribution in [2.75, 3.05) is 6.54 Å². The molecule has 5 nitrogen and oxygen atoms in total. The fourth-order valence-electron chi connectivity index (χ4n) is 1.99. The lowest BCUT2D eigenvalue weighted by Crippen LogP contribution is -2.46. The summed E-state index contributed by atoms with van der Waals surface area (Å²) in [5.41, 5.74) is -0.331. The van der Waals surface area contributed by atoms with Gasteiger partial charge in [-0.15, -0.1) is 13.0 Å². The van der Waals surface area contributed by atoms with E-state index in [0.717, 1.165) is 0 Å². The van der Waals surface area contributed by atoms with Crippen LogP contribution in [0.1, 0.15) is 37.0 Å². The van der Waals surface area contributed by atoms with Gasteiger partial charge in [0.15, 0.2) is 0 Å². The largest absolute Gasteiger partial charge is 0.336 e. The van der Waals surface area contributed by atoms with E-state index in [-0.39, 0.29) is 17.3 Å². The van der Waals surface area contributed by atoms with Crippen LogP contribution in [0.2, 0.25) is 0 Å². The highest BCUT2D eigenvalue weighted by Gasteiger charge is 2.26. The molecule has 0 atom stereocenters. The monoisotopic (exact) mass is 334 g/mol. The molecule has 0 fully saturated rings. The number of nitrogens with one attached hydrogen (secondary N) is 2. The maximum atomic E-state index is 12.3. The van der Waals surface area contributed by atoms with Crippen LogP contribution in [-0.4, -0.2) is 26.4 Å². The molecule has 2 N–H and O–H groups in total. The van der Waals surface area contributed by atoms with E-state index in [0.29, 0.717) is 18.4 Å². The number of amides is 1. The molecule has 0 aromatic heterocycles. The van der Waals surface area contributed by atoms with Crippen molar-refractivity contribution in [1.29, 1.82) is 0 Å². The Kier molecular flexibility index (Phi) is 6.55. The van der Waals surface area contributed by atoms with Gasteiger partial charge in [0.05, 0.1) is 4.90 Å². The van der Waals surface area contributed by atoms with Crippen LogP contribution in [0.25, 0.3) is 0 Å². The summed E-state index contributed by atoms with van der Waals surface area (Å²) in [5.74, 6) is 2.30. The third-order valence-electron chi connectivity index (χ3n) is 3.68. The van der Waals surface area contributed by atoms with Crippen LogP contribution in [0.3, 0.4) is 0 Å². The summed E-state index contributed by atoms with van der Waals surface area (Å²) in [4.78, 5) is 12.4. The molecular weight excluding hydrogens is 312 g/mol. The summed E-state index contributed by atoms with van der Waals surface area (Å²) in [6.07, 6.45) is 8.20. The SMILES string of the molecule is C#CC(CC)(CC)NC(=O)c1ccc(S(=O)(=O)NCC=C)cc1. The van der Waals surface area contributed by atoms with Crippen molar-refractivity contribution in [3.05, 3.63) is 42.5 Å². The van der Waals surface area contributed by atoms with Crippen molar-refractivity contribution >= 4 is 15.9 Å². The van der Waals surface area contributed by atoms with E-state index < -0.39 is 15.6 Å². The Morgan fingerprint density at radius 1 is 1.30 bits per heavy atom. The zero-order valence-corrected chi connectivity index (χ0v) is 14.2. The summed E-state index contributed by atoms with van der Waals surface area (Å²) in [7, 11) is -3.60. The molecule has 1 aromatic rings. The van der Waals surface area contributed by atoms with Crippen LogP contribution in [-0.2, 0) is 10.0 Å². The third kappa shape index (κ3) is 4.68. The van der Waals surface area contributed by atoms with Crippen molar-refractivity contribution in [3.63, 3.8) is 0 Å². The first-order valence-electron chi connectivity index (χ1n) is 7.35. The fraction of sp³-hybridized carbons (Fsp3) is 0.353. The van der Waals surface area contributed by atoms with Crippen LogP contribution in [0.15, 0.2) is 41.8 Å². The Morgan fingerprint density at radius 2 is 1.87 bits per heavy atom. The van der Waals surface area contributed by atoms with Crippen LogP contribution in [0.4, 0.5) is 0 Å². The summed E-state index contributed by atoms with van der Waals surface area (Å²) >= 11 is 0. The van der Waals surface area contributed by atoms with Crippen molar-refractivity contribution in [1.82, 2.24) is 10.0 Å². The molecule has 1 amide bonds. The molecule has 23 heavy (non-hydrogen) atoms. The van der Waals surface area contributed by atoms with Crippen molar-refractivity contribution in [3.8, 4) is 12.3 Å². The lowest BCUT2D eigenvalue weighted by molar-refractivity contribution is 0.0916. The molecule has 0 radical (unpaired) electrons. The predicted octanol–water partition coefficient (Wildman–Crippen LogP) is 2.07. The average Bonchev–Trinajstić information content (AvgIpc) is 2.58. The van der Waals surface area contributed by atoms with Gasteiger partial charge in [-0.3, -0.25) is 4.79 Å². The minimum atomic E-state index is -3.60. The van der Waals surface area contributed by atoms with Gasteiger partial charge in [0.2, 0.25) is 10.0 Å². The Morgan fingerprint density at radius 3 is 2.30 bits per heavy atom. The number of terminal acetylenes is 1. The molecule has 0 saturated heterocycles. The first kappa shape index (κ1) is 18.9. The number of benzene rings is 1. The first-order valence-corrected chi connectivity index (χ1v) is 8.83. The van der Waals surface area contributed by atoms with E-state index >= 15 is 0 Å². The molecule has 0 aliphatic heterocycles.